The van der Waals surface area contributed by atoms with Gasteiger partial charge in [-0.1, -0.05) is 144 Å². The predicted molar refractivity (Wildman–Crippen MR) is 160 cm³/mol. The van der Waals surface area contributed by atoms with Gasteiger partial charge in [-0.3, -0.25) is 0 Å². The third-order valence-electron chi connectivity index (χ3n) is 4.91. The molecule has 36 heavy (non-hydrogen) atoms. The first-order valence-corrected chi connectivity index (χ1v) is 13.2. The van der Waals surface area contributed by atoms with Gasteiger partial charge in [0.25, 0.3) is 0 Å². The molecule has 0 fully saturated rings. The Morgan fingerprint density at radius 2 is 0.694 bits per heavy atom. The SMILES string of the molecule is CC(C)=O.CCCCC.CCCCC(C)=O.c1ccc2ccccc2c1.c1ccc2ccccc2c1. The number of hydrogen-bond acceptors (Lipinski definition) is 2. The lowest BCUT2D eigenvalue weighted by molar-refractivity contribution is -0.117. The van der Waals surface area contributed by atoms with Crippen LogP contribution in [0, 0.1) is 0 Å². The summed E-state index contributed by atoms with van der Waals surface area (Å²) in [4.78, 5) is 19.6. The second-order valence-corrected chi connectivity index (χ2v) is 8.76. The third-order valence-corrected chi connectivity index (χ3v) is 4.91. The molecule has 0 saturated heterocycles. The van der Waals surface area contributed by atoms with Crippen molar-refractivity contribution < 1.29 is 9.59 Å². The van der Waals surface area contributed by atoms with Crippen LogP contribution in [-0.2, 0) is 9.59 Å². The predicted octanol–water partition coefficient (Wildman–Crippen LogP) is 10.2. The number of carbonyl (C=O) groups is 2. The molecule has 4 aromatic carbocycles. The summed E-state index contributed by atoms with van der Waals surface area (Å²) in [5, 5.41) is 5.24. The fourth-order valence-corrected chi connectivity index (χ4v) is 3.05. The van der Waals surface area contributed by atoms with Crippen LogP contribution < -0.4 is 0 Å². The van der Waals surface area contributed by atoms with Crippen LogP contribution in [0.4, 0.5) is 0 Å². The minimum Gasteiger partial charge on any atom is -0.300 e. The van der Waals surface area contributed by atoms with Gasteiger partial charge < -0.3 is 9.59 Å². The molecule has 0 aliphatic carbocycles. The molecule has 0 N–H and O–H groups in total. The van der Waals surface area contributed by atoms with Gasteiger partial charge in [0.05, 0.1) is 0 Å². The van der Waals surface area contributed by atoms with Crippen molar-refractivity contribution in [1.82, 2.24) is 0 Å². The Labute approximate surface area is 219 Å². The Hall–Kier alpha value is -3.26. The van der Waals surface area contributed by atoms with E-state index in [-0.39, 0.29) is 5.78 Å². The Bertz CT molecular complexity index is 890. The van der Waals surface area contributed by atoms with Crippen molar-refractivity contribution in [3.63, 3.8) is 0 Å². The number of benzene rings is 4. The van der Waals surface area contributed by atoms with Gasteiger partial charge >= 0.3 is 0 Å². The van der Waals surface area contributed by atoms with Crippen molar-refractivity contribution in [3.05, 3.63) is 97.1 Å². The first-order valence-electron chi connectivity index (χ1n) is 13.2. The molecule has 0 unspecified atom stereocenters. The lowest BCUT2D eigenvalue weighted by atomic mass is 10.1. The van der Waals surface area contributed by atoms with E-state index in [0.717, 1.165) is 19.3 Å². The van der Waals surface area contributed by atoms with Crippen molar-refractivity contribution in [1.29, 1.82) is 0 Å². The highest BCUT2D eigenvalue weighted by molar-refractivity contribution is 5.82. The van der Waals surface area contributed by atoms with Gasteiger partial charge in [-0.15, -0.1) is 0 Å². The summed E-state index contributed by atoms with van der Waals surface area (Å²) in [7, 11) is 0. The van der Waals surface area contributed by atoms with E-state index in [9.17, 15) is 9.59 Å². The number of fused-ring (bicyclic) bond motifs is 2. The van der Waals surface area contributed by atoms with Crippen LogP contribution in [0.15, 0.2) is 97.1 Å². The van der Waals surface area contributed by atoms with E-state index in [2.05, 4.69) is 118 Å². The monoisotopic (exact) mass is 486 g/mol. The molecule has 0 spiro atoms. The molecule has 0 aliphatic rings. The minimum atomic E-state index is 0.167. The Morgan fingerprint density at radius 1 is 0.472 bits per heavy atom. The maximum Gasteiger partial charge on any atom is 0.129 e. The van der Waals surface area contributed by atoms with Gasteiger partial charge in [-0.05, 0) is 48.7 Å². The molecule has 0 bridgehead atoms. The second-order valence-electron chi connectivity index (χ2n) is 8.76. The maximum absolute atomic E-state index is 10.2. The minimum absolute atomic E-state index is 0.167. The van der Waals surface area contributed by atoms with E-state index >= 15 is 0 Å². The Morgan fingerprint density at radius 3 is 0.806 bits per heavy atom. The molecule has 4 rings (SSSR count). The Balaban J connectivity index is 0.000000447. The van der Waals surface area contributed by atoms with Crippen molar-refractivity contribution in [3.8, 4) is 0 Å². The zero-order valence-corrected chi connectivity index (χ0v) is 23.3. The van der Waals surface area contributed by atoms with E-state index in [1.807, 2.05) is 0 Å². The molecule has 194 valence electrons. The number of Topliss-reactive ketones (excluding diaryl/α,β-unsaturated/α-hetero) is 2. The smallest absolute Gasteiger partial charge is 0.129 e. The van der Waals surface area contributed by atoms with Gasteiger partial charge in [0.1, 0.15) is 11.6 Å². The average Bonchev–Trinajstić information content (AvgIpc) is 2.89. The molecule has 4 aromatic rings. The van der Waals surface area contributed by atoms with Crippen LogP contribution in [0.5, 0.6) is 0 Å². The van der Waals surface area contributed by atoms with Crippen LogP contribution >= 0.6 is 0 Å². The molecular weight excluding hydrogens is 440 g/mol. The fourth-order valence-electron chi connectivity index (χ4n) is 3.05. The van der Waals surface area contributed by atoms with E-state index in [1.54, 1.807) is 6.92 Å². The van der Waals surface area contributed by atoms with Crippen molar-refractivity contribution >= 4 is 33.1 Å². The standard InChI is InChI=1S/2C10H8.C6H12O.C5H12.C3H6O/c2*1-2-6-10-8-4-3-7-9(10)5-1;1-3-4-5-6(2)7;1-3-5-4-2;1-3(2)4/h2*1-8H;3-5H2,1-2H3;3-5H2,1-2H3;1-2H3. The highest BCUT2D eigenvalue weighted by atomic mass is 16.1. The van der Waals surface area contributed by atoms with Crippen LogP contribution in [0.1, 0.15) is 80.1 Å². The lowest BCUT2D eigenvalue weighted by Gasteiger charge is -1.92. The molecule has 0 aliphatic heterocycles. The van der Waals surface area contributed by atoms with Gasteiger partial charge in [-0.25, -0.2) is 0 Å². The van der Waals surface area contributed by atoms with E-state index in [1.165, 1.54) is 54.7 Å². The highest BCUT2D eigenvalue weighted by Crippen LogP contribution is 2.12. The topological polar surface area (TPSA) is 34.1 Å². The summed E-state index contributed by atoms with van der Waals surface area (Å²) in [6, 6.07) is 33.4. The van der Waals surface area contributed by atoms with E-state index < -0.39 is 0 Å². The normalized spacial score (nSPS) is 9.17. The zero-order valence-electron chi connectivity index (χ0n) is 23.3. The number of unbranched alkanes of at least 4 members (excludes halogenated alkanes) is 3. The molecule has 0 amide bonds. The van der Waals surface area contributed by atoms with Crippen molar-refractivity contribution in [2.45, 2.75) is 80.1 Å². The summed E-state index contributed by atoms with van der Waals surface area (Å²) in [5.74, 6) is 0.474. The first kappa shape index (κ1) is 32.7. The van der Waals surface area contributed by atoms with Gasteiger partial charge in [0, 0.05) is 6.42 Å². The first-order chi connectivity index (χ1) is 17.3. The van der Waals surface area contributed by atoms with E-state index in [0.29, 0.717) is 5.78 Å². The maximum atomic E-state index is 10.2. The van der Waals surface area contributed by atoms with Crippen LogP contribution in [-0.4, -0.2) is 11.6 Å². The number of rotatable bonds is 5. The molecule has 0 heterocycles. The van der Waals surface area contributed by atoms with Crippen molar-refractivity contribution in [2.75, 3.05) is 0 Å². The number of hydrogen-bond donors (Lipinski definition) is 0. The molecule has 2 nitrogen and oxygen atoms in total. The molecule has 0 atom stereocenters. The van der Waals surface area contributed by atoms with E-state index in [4.69, 9.17) is 0 Å². The quantitative estimate of drug-likeness (QED) is 0.281. The molecule has 0 radical (unpaired) electrons. The van der Waals surface area contributed by atoms with Gasteiger partial charge in [0.15, 0.2) is 0 Å². The fraction of sp³-hybridized carbons (Fsp3) is 0.353. The summed E-state index contributed by atoms with van der Waals surface area (Å²) in [6.07, 6.45) is 7.01. The third kappa shape index (κ3) is 18.1. The lowest BCUT2D eigenvalue weighted by Crippen LogP contribution is -1.86. The largest absolute Gasteiger partial charge is 0.300 e. The molecule has 0 aromatic heterocycles. The van der Waals surface area contributed by atoms with Crippen LogP contribution in [0.2, 0.25) is 0 Å². The summed E-state index contributed by atoms with van der Waals surface area (Å²) in [5.41, 5.74) is 0. The van der Waals surface area contributed by atoms with Gasteiger partial charge in [-0.2, -0.15) is 0 Å². The zero-order chi connectivity index (χ0) is 27.0. The second kappa shape index (κ2) is 22.2. The number of carbonyl (C=O) groups excluding carboxylic acids is 2. The molecule has 0 saturated carbocycles. The van der Waals surface area contributed by atoms with Crippen LogP contribution in [0.25, 0.3) is 21.5 Å². The van der Waals surface area contributed by atoms with Crippen molar-refractivity contribution in [2.24, 2.45) is 0 Å². The Kier molecular flexibility index (Phi) is 20.2. The summed E-state index contributed by atoms with van der Waals surface area (Å²) < 4.78 is 0. The number of ketones is 2. The highest BCUT2D eigenvalue weighted by Gasteiger charge is 1.88. The average molecular weight is 487 g/mol. The van der Waals surface area contributed by atoms with Gasteiger partial charge in [0.2, 0.25) is 0 Å². The molecular formula is C34H46O2. The summed E-state index contributed by atoms with van der Waals surface area (Å²) in [6.45, 7) is 11.2. The van der Waals surface area contributed by atoms with Crippen LogP contribution in [0.3, 0.4) is 0 Å². The molecule has 2 heteroatoms. The summed E-state index contributed by atoms with van der Waals surface area (Å²) >= 11 is 0.